The van der Waals surface area contributed by atoms with Crippen LogP contribution in [0.2, 0.25) is 0 Å². The van der Waals surface area contributed by atoms with Crippen molar-refractivity contribution in [1.29, 1.82) is 0 Å². The molecule has 0 radical (unpaired) electrons. The van der Waals surface area contributed by atoms with E-state index >= 15 is 0 Å². The first-order valence-electron chi connectivity index (χ1n) is 4.18. The van der Waals surface area contributed by atoms with Gasteiger partial charge < -0.3 is 5.73 Å². The maximum atomic E-state index is 11.3. The fourth-order valence-electron chi connectivity index (χ4n) is 1.13. The fraction of sp³-hybridized carbons (Fsp3) is 1.00. The highest BCUT2D eigenvalue weighted by Crippen LogP contribution is 2.18. The van der Waals surface area contributed by atoms with Crippen LogP contribution in [0, 0.1) is 0 Å². The van der Waals surface area contributed by atoms with Crippen LogP contribution in [0.5, 0.6) is 0 Å². The predicted octanol–water partition coefficient (Wildman–Crippen LogP) is -0.196. The van der Waals surface area contributed by atoms with E-state index in [-0.39, 0.29) is 17.3 Å². The Balaban J connectivity index is 2.42. The molecule has 0 aliphatic heterocycles. The molecule has 1 aliphatic rings. The molecular formula is C7H16N2O2S. The Morgan fingerprint density at radius 1 is 1.42 bits per heavy atom. The Bertz CT molecular complexity index is 242. The van der Waals surface area contributed by atoms with Crippen LogP contribution < -0.4 is 10.5 Å². The van der Waals surface area contributed by atoms with Crippen LogP contribution in [0.4, 0.5) is 0 Å². The number of nitrogens with one attached hydrogen (secondary N) is 1. The Kier molecular flexibility index (Phi) is 2.75. The lowest BCUT2D eigenvalue weighted by Gasteiger charge is -2.33. The lowest BCUT2D eigenvalue weighted by molar-refractivity contribution is 0.326. The SMILES string of the molecule is CC(C)S(=O)(=O)NC1CC(N)C1. The van der Waals surface area contributed by atoms with E-state index in [1.807, 2.05) is 0 Å². The minimum absolute atomic E-state index is 0.0763. The molecule has 0 aromatic heterocycles. The first-order valence-corrected chi connectivity index (χ1v) is 5.73. The molecule has 1 saturated carbocycles. The molecule has 1 aliphatic carbocycles. The van der Waals surface area contributed by atoms with Crippen LogP contribution >= 0.6 is 0 Å². The molecule has 0 unspecified atom stereocenters. The second kappa shape index (κ2) is 3.32. The van der Waals surface area contributed by atoms with Gasteiger partial charge in [-0.3, -0.25) is 0 Å². The van der Waals surface area contributed by atoms with Gasteiger partial charge in [-0.15, -0.1) is 0 Å². The monoisotopic (exact) mass is 192 g/mol. The summed E-state index contributed by atoms with van der Waals surface area (Å²) < 4.78 is 25.2. The molecule has 1 fully saturated rings. The minimum atomic E-state index is -3.09. The van der Waals surface area contributed by atoms with Crippen molar-refractivity contribution in [2.75, 3.05) is 0 Å². The number of sulfonamides is 1. The molecule has 0 spiro atoms. The number of hydrogen-bond acceptors (Lipinski definition) is 3. The van der Waals surface area contributed by atoms with E-state index < -0.39 is 10.0 Å². The molecule has 0 heterocycles. The summed E-state index contributed by atoms with van der Waals surface area (Å²) in [7, 11) is -3.09. The molecule has 0 saturated heterocycles. The van der Waals surface area contributed by atoms with Crippen LogP contribution in [0.1, 0.15) is 26.7 Å². The van der Waals surface area contributed by atoms with Gasteiger partial charge >= 0.3 is 0 Å². The van der Waals surface area contributed by atoms with Gasteiger partial charge in [-0.05, 0) is 26.7 Å². The van der Waals surface area contributed by atoms with Crippen molar-refractivity contribution in [1.82, 2.24) is 4.72 Å². The Morgan fingerprint density at radius 3 is 2.25 bits per heavy atom. The number of nitrogens with two attached hydrogens (primary N) is 1. The zero-order valence-electron chi connectivity index (χ0n) is 7.45. The van der Waals surface area contributed by atoms with Gasteiger partial charge in [0.25, 0.3) is 0 Å². The summed E-state index contributed by atoms with van der Waals surface area (Å²) in [5.41, 5.74) is 5.53. The lowest BCUT2D eigenvalue weighted by Crippen LogP contribution is -2.51. The molecule has 3 N–H and O–H groups in total. The van der Waals surface area contributed by atoms with Crippen molar-refractivity contribution >= 4 is 10.0 Å². The zero-order valence-corrected chi connectivity index (χ0v) is 8.26. The summed E-state index contributed by atoms with van der Waals surface area (Å²) in [6.45, 7) is 3.34. The first-order chi connectivity index (χ1) is 5.42. The normalized spacial score (nSPS) is 30.3. The highest BCUT2D eigenvalue weighted by molar-refractivity contribution is 7.90. The van der Waals surface area contributed by atoms with Crippen LogP contribution in [0.3, 0.4) is 0 Å². The molecule has 5 heteroatoms. The zero-order chi connectivity index (χ0) is 9.35. The van der Waals surface area contributed by atoms with E-state index in [2.05, 4.69) is 4.72 Å². The van der Waals surface area contributed by atoms with Crippen LogP contribution in [0.25, 0.3) is 0 Å². The van der Waals surface area contributed by atoms with Crippen molar-refractivity contribution in [3.8, 4) is 0 Å². The van der Waals surface area contributed by atoms with Crippen molar-refractivity contribution < 1.29 is 8.42 Å². The van der Waals surface area contributed by atoms with E-state index in [0.29, 0.717) is 0 Å². The largest absolute Gasteiger partial charge is 0.328 e. The van der Waals surface area contributed by atoms with Crippen molar-refractivity contribution in [2.45, 2.75) is 44.0 Å². The fourth-order valence-corrected chi connectivity index (χ4v) is 2.06. The van der Waals surface area contributed by atoms with E-state index in [0.717, 1.165) is 12.8 Å². The number of hydrogen-bond donors (Lipinski definition) is 2. The molecule has 72 valence electrons. The summed E-state index contributed by atoms with van der Waals surface area (Å²) in [5.74, 6) is 0. The average molecular weight is 192 g/mol. The maximum Gasteiger partial charge on any atom is 0.214 e. The molecule has 0 aromatic rings. The van der Waals surface area contributed by atoms with Crippen molar-refractivity contribution in [3.05, 3.63) is 0 Å². The molecule has 0 amide bonds. The van der Waals surface area contributed by atoms with Gasteiger partial charge in [0.15, 0.2) is 0 Å². The summed E-state index contributed by atoms with van der Waals surface area (Å²) in [5, 5.41) is -0.352. The quantitative estimate of drug-likeness (QED) is 0.650. The Morgan fingerprint density at radius 2 is 1.92 bits per heavy atom. The third-order valence-corrected chi connectivity index (χ3v) is 4.03. The van der Waals surface area contributed by atoms with Gasteiger partial charge in [0.2, 0.25) is 10.0 Å². The molecule has 0 bridgehead atoms. The topological polar surface area (TPSA) is 72.2 Å². The molecule has 4 nitrogen and oxygen atoms in total. The third kappa shape index (κ3) is 2.18. The Labute approximate surface area is 73.6 Å². The summed E-state index contributed by atoms with van der Waals surface area (Å²) in [4.78, 5) is 0. The minimum Gasteiger partial charge on any atom is -0.328 e. The van der Waals surface area contributed by atoms with E-state index in [1.165, 1.54) is 0 Å². The average Bonchev–Trinajstić information content (AvgIpc) is 1.83. The van der Waals surface area contributed by atoms with Gasteiger partial charge in [0.1, 0.15) is 0 Å². The lowest BCUT2D eigenvalue weighted by atomic mass is 9.89. The maximum absolute atomic E-state index is 11.3. The van der Waals surface area contributed by atoms with Crippen LogP contribution in [-0.2, 0) is 10.0 Å². The molecular weight excluding hydrogens is 176 g/mol. The first kappa shape index (κ1) is 9.95. The molecule has 0 aromatic carbocycles. The van der Waals surface area contributed by atoms with Gasteiger partial charge in [-0.25, -0.2) is 13.1 Å². The van der Waals surface area contributed by atoms with Crippen LogP contribution in [0.15, 0.2) is 0 Å². The van der Waals surface area contributed by atoms with Gasteiger partial charge in [0.05, 0.1) is 5.25 Å². The van der Waals surface area contributed by atoms with E-state index in [9.17, 15) is 8.42 Å². The Hall–Kier alpha value is -0.130. The second-order valence-corrected chi connectivity index (χ2v) is 5.91. The van der Waals surface area contributed by atoms with Crippen molar-refractivity contribution in [2.24, 2.45) is 5.73 Å². The van der Waals surface area contributed by atoms with Gasteiger partial charge in [-0.2, -0.15) is 0 Å². The third-order valence-electron chi connectivity index (χ3n) is 2.13. The second-order valence-electron chi connectivity index (χ2n) is 3.64. The van der Waals surface area contributed by atoms with E-state index in [4.69, 9.17) is 5.73 Å². The molecule has 0 atom stereocenters. The highest BCUT2D eigenvalue weighted by Gasteiger charge is 2.30. The highest BCUT2D eigenvalue weighted by atomic mass is 32.2. The molecule has 1 rings (SSSR count). The van der Waals surface area contributed by atoms with E-state index in [1.54, 1.807) is 13.8 Å². The summed E-state index contributed by atoms with van der Waals surface area (Å²) in [6.07, 6.45) is 1.54. The van der Waals surface area contributed by atoms with Gasteiger partial charge in [-0.1, -0.05) is 0 Å². The molecule has 12 heavy (non-hydrogen) atoms. The smallest absolute Gasteiger partial charge is 0.214 e. The van der Waals surface area contributed by atoms with Crippen molar-refractivity contribution in [3.63, 3.8) is 0 Å². The predicted molar refractivity (Wildman–Crippen MR) is 48.2 cm³/mol. The number of rotatable bonds is 3. The van der Waals surface area contributed by atoms with Gasteiger partial charge in [0, 0.05) is 12.1 Å². The summed E-state index contributed by atoms with van der Waals surface area (Å²) in [6, 6.07) is 0.261. The van der Waals surface area contributed by atoms with Crippen LogP contribution in [-0.4, -0.2) is 25.8 Å². The summed E-state index contributed by atoms with van der Waals surface area (Å²) >= 11 is 0. The standard InChI is InChI=1S/C7H16N2O2S/c1-5(2)12(10,11)9-7-3-6(8)4-7/h5-7,9H,3-4,8H2,1-2H3.